The largest absolute Gasteiger partial charge is 0.489 e. The van der Waals surface area contributed by atoms with Crippen molar-refractivity contribution in [2.24, 2.45) is 12.2 Å². The fourth-order valence-corrected chi connectivity index (χ4v) is 2.71. The van der Waals surface area contributed by atoms with Gasteiger partial charge in [0.2, 0.25) is 10.0 Å². The molecular weight excluding hydrogens is 325 g/mol. The van der Waals surface area contributed by atoms with Crippen molar-refractivity contribution < 1.29 is 28.0 Å². The molecule has 0 fully saturated rings. The van der Waals surface area contributed by atoms with Crippen LogP contribution in [0.15, 0.2) is 29.3 Å². The molecule has 1 heterocycles. The van der Waals surface area contributed by atoms with Crippen LogP contribution in [0.4, 0.5) is 0 Å². The Balaban J connectivity index is 2.24. The second-order valence-corrected chi connectivity index (χ2v) is 6.26. The van der Waals surface area contributed by atoms with E-state index in [0.29, 0.717) is 6.29 Å². The first-order valence-electron chi connectivity index (χ1n) is 6.35. The van der Waals surface area contributed by atoms with E-state index in [1.807, 2.05) is 0 Å². The van der Waals surface area contributed by atoms with Gasteiger partial charge in [0, 0.05) is 18.8 Å². The van der Waals surface area contributed by atoms with Gasteiger partial charge in [0.1, 0.15) is 29.2 Å². The summed E-state index contributed by atoms with van der Waals surface area (Å²) in [5.74, 6) is 0.238. The minimum atomic E-state index is -3.93. The van der Waals surface area contributed by atoms with Crippen LogP contribution in [0.5, 0.6) is 5.75 Å². The summed E-state index contributed by atoms with van der Waals surface area (Å²) in [5, 5.41) is 27.3. The van der Waals surface area contributed by atoms with Crippen molar-refractivity contribution in [3.63, 3.8) is 0 Å². The molecule has 1 aromatic heterocycles. The Hall–Kier alpha value is -2.21. The van der Waals surface area contributed by atoms with Gasteiger partial charge in [0.15, 0.2) is 0 Å². The molecule has 0 aliphatic carbocycles. The number of primary sulfonamides is 1. The molecule has 0 radical (unpaired) electrons. The van der Waals surface area contributed by atoms with Gasteiger partial charge in [-0.3, -0.25) is 9.48 Å². The number of aromatic nitrogens is 2. The Morgan fingerprint density at radius 1 is 1.43 bits per heavy atom. The summed E-state index contributed by atoms with van der Waals surface area (Å²) < 4.78 is 29.6. The summed E-state index contributed by atoms with van der Waals surface area (Å²) in [5.41, 5.74) is 0.203. The first-order chi connectivity index (χ1) is 10.7. The molecule has 2 aromatic rings. The van der Waals surface area contributed by atoms with Crippen LogP contribution < -0.4 is 15.3 Å². The summed E-state index contributed by atoms with van der Waals surface area (Å²) in [6.45, 7) is -0.189. The van der Waals surface area contributed by atoms with Gasteiger partial charge in [0.25, 0.3) is 0 Å². The third-order valence-corrected chi connectivity index (χ3v) is 3.97. The molecule has 0 unspecified atom stereocenters. The van der Waals surface area contributed by atoms with Gasteiger partial charge in [-0.2, -0.15) is 5.10 Å². The van der Waals surface area contributed by atoms with Gasteiger partial charge in [-0.25, -0.2) is 13.6 Å². The van der Waals surface area contributed by atoms with Crippen LogP contribution in [0, 0.1) is 0 Å². The molecule has 0 spiro atoms. The van der Waals surface area contributed by atoms with Crippen LogP contribution in [-0.4, -0.2) is 41.7 Å². The van der Waals surface area contributed by atoms with Crippen LogP contribution in [0.1, 0.15) is 16.1 Å². The van der Waals surface area contributed by atoms with E-state index >= 15 is 0 Å². The lowest BCUT2D eigenvalue weighted by molar-refractivity contribution is 0.112. The highest BCUT2D eigenvalue weighted by atomic mass is 32.2. The Labute approximate surface area is 132 Å². The first kappa shape index (κ1) is 17.2. The Morgan fingerprint density at radius 2 is 2.13 bits per heavy atom. The molecule has 1 aromatic carbocycles. The van der Waals surface area contributed by atoms with Crippen molar-refractivity contribution in [1.29, 1.82) is 0 Å². The number of aryl methyl sites for hydroxylation is 1. The molecule has 2 rings (SSSR count). The van der Waals surface area contributed by atoms with Gasteiger partial charge >= 0.3 is 7.12 Å². The summed E-state index contributed by atoms with van der Waals surface area (Å²) in [6, 6.07) is 4.05. The number of carbonyl (C=O) groups is 1. The second-order valence-electron chi connectivity index (χ2n) is 4.73. The molecule has 0 aliphatic heterocycles. The van der Waals surface area contributed by atoms with Crippen LogP contribution in [0.25, 0.3) is 0 Å². The molecule has 0 aliphatic rings. The lowest BCUT2D eigenvalue weighted by Crippen LogP contribution is -2.32. The van der Waals surface area contributed by atoms with E-state index in [9.17, 15) is 13.2 Å². The lowest BCUT2D eigenvalue weighted by atomic mass is 9.77. The monoisotopic (exact) mass is 339 g/mol. The van der Waals surface area contributed by atoms with Gasteiger partial charge in [-0.05, 0) is 17.6 Å². The maximum Gasteiger partial charge on any atom is 0.489 e. The molecule has 0 atom stereocenters. The Kier molecular flexibility index (Phi) is 4.85. The first-order valence-corrected chi connectivity index (χ1v) is 7.90. The van der Waals surface area contributed by atoms with E-state index in [-0.39, 0.29) is 34.0 Å². The predicted octanol–water partition coefficient (Wildman–Crippen LogP) is -1.86. The maximum atomic E-state index is 11.5. The standard InChI is InChI=1S/C12H14BN3O6S/c1-16-5-12(23(14,20)21)11(15-16)7-22-9-2-3-10(13(18)19)8(4-9)6-17/h2-6,18-19H,7H2,1H3,(H2,14,20,21). The number of nitrogens with zero attached hydrogens (tertiary/aromatic N) is 2. The maximum absolute atomic E-state index is 11.5. The minimum Gasteiger partial charge on any atom is -0.487 e. The van der Waals surface area contributed by atoms with Crippen LogP contribution >= 0.6 is 0 Å². The summed E-state index contributed by atoms with van der Waals surface area (Å²) in [6.07, 6.45) is 1.72. The highest BCUT2D eigenvalue weighted by molar-refractivity contribution is 7.89. The highest BCUT2D eigenvalue weighted by Crippen LogP contribution is 2.17. The molecule has 0 saturated carbocycles. The summed E-state index contributed by atoms with van der Waals surface area (Å²) in [7, 11) is -4.17. The van der Waals surface area contributed by atoms with E-state index in [4.69, 9.17) is 19.9 Å². The zero-order valence-corrected chi connectivity index (χ0v) is 12.9. The fraction of sp³-hybridized carbons (Fsp3) is 0.167. The number of carbonyl (C=O) groups excluding carboxylic acids is 1. The van der Waals surface area contributed by atoms with Crippen molar-refractivity contribution in [3.05, 3.63) is 35.7 Å². The molecule has 23 heavy (non-hydrogen) atoms. The number of sulfonamides is 1. The topological polar surface area (TPSA) is 145 Å². The van der Waals surface area contributed by atoms with Crippen molar-refractivity contribution in [3.8, 4) is 5.75 Å². The van der Waals surface area contributed by atoms with Crippen molar-refractivity contribution in [1.82, 2.24) is 9.78 Å². The van der Waals surface area contributed by atoms with Crippen LogP contribution in [0.3, 0.4) is 0 Å². The van der Waals surface area contributed by atoms with Gasteiger partial charge < -0.3 is 14.8 Å². The average Bonchev–Trinajstić information content (AvgIpc) is 2.85. The lowest BCUT2D eigenvalue weighted by Gasteiger charge is -2.09. The third-order valence-electron chi connectivity index (χ3n) is 3.01. The second kappa shape index (κ2) is 6.50. The smallest absolute Gasteiger partial charge is 0.487 e. The molecule has 0 bridgehead atoms. The quantitative estimate of drug-likeness (QED) is 0.413. The number of nitrogens with two attached hydrogens (primary N) is 1. The number of hydrogen-bond acceptors (Lipinski definition) is 7. The Bertz CT molecular complexity index is 833. The molecule has 122 valence electrons. The highest BCUT2D eigenvalue weighted by Gasteiger charge is 2.19. The van der Waals surface area contributed by atoms with E-state index in [0.717, 1.165) is 0 Å². The number of rotatable bonds is 6. The number of hydrogen-bond donors (Lipinski definition) is 3. The van der Waals surface area contributed by atoms with Gasteiger partial charge in [0.05, 0.1) is 0 Å². The van der Waals surface area contributed by atoms with E-state index < -0.39 is 17.1 Å². The molecule has 4 N–H and O–H groups in total. The zero-order chi connectivity index (χ0) is 17.2. The minimum absolute atomic E-state index is 0.0374. The van der Waals surface area contributed by atoms with Crippen molar-refractivity contribution in [2.45, 2.75) is 11.5 Å². The van der Waals surface area contributed by atoms with Gasteiger partial charge in [-0.15, -0.1) is 0 Å². The summed E-state index contributed by atoms with van der Waals surface area (Å²) in [4.78, 5) is 10.8. The summed E-state index contributed by atoms with van der Waals surface area (Å²) >= 11 is 0. The molecule has 0 amide bonds. The predicted molar refractivity (Wildman–Crippen MR) is 80.6 cm³/mol. The van der Waals surface area contributed by atoms with Crippen molar-refractivity contribution >= 4 is 28.9 Å². The Morgan fingerprint density at radius 3 is 2.70 bits per heavy atom. The van der Waals surface area contributed by atoms with E-state index in [2.05, 4.69) is 5.10 Å². The van der Waals surface area contributed by atoms with E-state index in [1.54, 1.807) is 7.05 Å². The van der Waals surface area contributed by atoms with Gasteiger partial charge in [-0.1, -0.05) is 6.07 Å². The SMILES string of the molecule is Cn1cc(S(N)(=O)=O)c(COc2ccc(B(O)O)c(C=O)c2)n1. The van der Waals surface area contributed by atoms with E-state index in [1.165, 1.54) is 29.1 Å². The fourth-order valence-electron chi connectivity index (χ4n) is 1.98. The molecule has 0 saturated heterocycles. The number of aldehydes is 1. The zero-order valence-electron chi connectivity index (χ0n) is 12.1. The van der Waals surface area contributed by atoms with Crippen LogP contribution in [-0.2, 0) is 23.7 Å². The molecule has 9 nitrogen and oxygen atoms in total. The molecule has 11 heteroatoms. The number of ether oxygens (including phenoxy) is 1. The normalized spacial score (nSPS) is 11.3. The van der Waals surface area contributed by atoms with Crippen molar-refractivity contribution in [2.75, 3.05) is 0 Å². The van der Waals surface area contributed by atoms with Crippen LogP contribution in [0.2, 0.25) is 0 Å². The molecular formula is C12H14BN3O6S. The number of benzene rings is 1. The third kappa shape index (κ3) is 3.96. The average molecular weight is 339 g/mol.